The minimum atomic E-state index is 0.434. The number of nitrogens with one attached hydrogen (secondary N) is 1. The van der Waals surface area contributed by atoms with E-state index < -0.39 is 0 Å². The topological polar surface area (TPSA) is 55.0 Å². The summed E-state index contributed by atoms with van der Waals surface area (Å²) in [7, 11) is 0. The zero-order chi connectivity index (χ0) is 7.40. The lowest BCUT2D eigenvalue weighted by Crippen LogP contribution is -1.90. The summed E-state index contributed by atoms with van der Waals surface area (Å²) < 4.78 is 4.99. The van der Waals surface area contributed by atoms with Gasteiger partial charge in [-0.1, -0.05) is 0 Å². The molecule has 1 rings (SSSR count). The van der Waals surface area contributed by atoms with E-state index in [-0.39, 0.29) is 0 Å². The molecule has 0 unspecified atom stereocenters. The maximum atomic E-state index is 10.1. The number of carbonyl (C=O) groups excluding carboxylic acids is 1. The largest absolute Gasteiger partial charge is 0.477 e. The van der Waals surface area contributed by atoms with Crippen LogP contribution in [0, 0.1) is 0 Å². The molecule has 4 nitrogen and oxygen atoms in total. The normalized spacial score (nSPS) is 9.30. The molecule has 0 bridgehead atoms. The van der Waals surface area contributed by atoms with Crippen LogP contribution in [0.1, 0.15) is 17.4 Å². The first kappa shape index (κ1) is 6.80. The number of rotatable bonds is 3. The van der Waals surface area contributed by atoms with Crippen LogP contribution < -0.4 is 4.74 Å². The second kappa shape index (κ2) is 3.00. The highest BCUT2D eigenvalue weighted by molar-refractivity contribution is 5.71. The van der Waals surface area contributed by atoms with E-state index in [0.717, 1.165) is 0 Å². The lowest BCUT2D eigenvalue weighted by atomic mass is 10.5. The molecule has 0 saturated heterocycles. The minimum absolute atomic E-state index is 0.434. The van der Waals surface area contributed by atoms with Crippen LogP contribution in [0.15, 0.2) is 6.07 Å². The molecule has 0 aliphatic heterocycles. The van der Waals surface area contributed by atoms with Crippen molar-refractivity contribution in [2.24, 2.45) is 0 Å². The molecule has 0 aromatic carbocycles. The Balaban J connectivity index is 2.68. The summed E-state index contributed by atoms with van der Waals surface area (Å²) >= 11 is 0. The van der Waals surface area contributed by atoms with Crippen LogP contribution in [0.2, 0.25) is 0 Å². The van der Waals surface area contributed by atoms with Gasteiger partial charge in [-0.2, -0.15) is 0 Å². The predicted molar refractivity (Wildman–Crippen MR) is 35.1 cm³/mol. The fourth-order valence-corrected chi connectivity index (χ4v) is 0.599. The average Bonchev–Trinajstić information content (AvgIpc) is 2.37. The fraction of sp³-hybridized carbons (Fsp3) is 0.333. The molecule has 1 aromatic rings. The molecule has 0 aliphatic carbocycles. The van der Waals surface area contributed by atoms with Gasteiger partial charge in [0.2, 0.25) is 5.88 Å². The van der Waals surface area contributed by atoms with Gasteiger partial charge in [0.1, 0.15) is 5.69 Å². The summed E-state index contributed by atoms with van der Waals surface area (Å²) in [5.74, 6) is 0.463. The number of aromatic amines is 1. The minimum Gasteiger partial charge on any atom is -0.477 e. The van der Waals surface area contributed by atoms with Crippen molar-refractivity contribution in [3.63, 3.8) is 0 Å². The molecule has 1 aromatic heterocycles. The van der Waals surface area contributed by atoms with E-state index in [4.69, 9.17) is 4.74 Å². The monoisotopic (exact) mass is 140 g/mol. The van der Waals surface area contributed by atoms with Crippen molar-refractivity contribution in [1.29, 1.82) is 0 Å². The number of hydrogen-bond donors (Lipinski definition) is 1. The molecular formula is C6H8N2O2. The molecule has 10 heavy (non-hydrogen) atoms. The van der Waals surface area contributed by atoms with Gasteiger partial charge >= 0.3 is 0 Å². The third kappa shape index (κ3) is 1.34. The number of hydrogen-bond acceptors (Lipinski definition) is 3. The molecule has 0 atom stereocenters. The van der Waals surface area contributed by atoms with Crippen molar-refractivity contribution in [2.45, 2.75) is 6.92 Å². The molecule has 4 heteroatoms. The Labute approximate surface area is 58.2 Å². The van der Waals surface area contributed by atoms with E-state index in [0.29, 0.717) is 24.5 Å². The fourth-order valence-electron chi connectivity index (χ4n) is 0.599. The Kier molecular flexibility index (Phi) is 2.04. The molecule has 1 heterocycles. The Bertz CT molecular complexity index is 219. The van der Waals surface area contributed by atoms with E-state index in [2.05, 4.69) is 10.2 Å². The number of carbonyl (C=O) groups is 1. The lowest BCUT2D eigenvalue weighted by Gasteiger charge is -1.92. The van der Waals surface area contributed by atoms with Crippen LogP contribution in [-0.4, -0.2) is 23.1 Å². The van der Waals surface area contributed by atoms with Gasteiger partial charge in [0.05, 0.1) is 6.61 Å². The van der Waals surface area contributed by atoms with Crippen LogP contribution in [-0.2, 0) is 0 Å². The summed E-state index contributed by atoms with van der Waals surface area (Å²) in [6.07, 6.45) is 0.690. The van der Waals surface area contributed by atoms with Crippen LogP contribution in [0.25, 0.3) is 0 Å². The lowest BCUT2D eigenvalue weighted by molar-refractivity contribution is 0.111. The standard InChI is InChI=1S/C6H8N2O2/c1-2-10-6-3-5(4-9)7-8-6/h3-4H,2H2,1H3,(H,7,8). The van der Waals surface area contributed by atoms with Crippen molar-refractivity contribution in [3.8, 4) is 5.88 Å². The third-order valence-electron chi connectivity index (χ3n) is 0.993. The van der Waals surface area contributed by atoms with Crippen LogP contribution in [0.3, 0.4) is 0 Å². The van der Waals surface area contributed by atoms with Gasteiger partial charge in [0.15, 0.2) is 6.29 Å². The quantitative estimate of drug-likeness (QED) is 0.626. The maximum Gasteiger partial charge on any atom is 0.233 e. The molecule has 1 N–H and O–H groups in total. The summed E-state index contributed by atoms with van der Waals surface area (Å²) in [5, 5.41) is 6.20. The van der Waals surface area contributed by atoms with E-state index >= 15 is 0 Å². The van der Waals surface area contributed by atoms with Gasteiger partial charge in [-0.25, -0.2) is 0 Å². The van der Waals surface area contributed by atoms with Gasteiger partial charge in [-0.3, -0.25) is 9.89 Å². The Morgan fingerprint density at radius 1 is 1.90 bits per heavy atom. The van der Waals surface area contributed by atoms with E-state index in [1.165, 1.54) is 0 Å². The summed E-state index contributed by atoms with van der Waals surface area (Å²) in [6, 6.07) is 1.55. The maximum absolute atomic E-state index is 10.1. The van der Waals surface area contributed by atoms with Gasteiger partial charge in [0, 0.05) is 6.07 Å². The predicted octanol–water partition coefficient (Wildman–Crippen LogP) is 0.621. The zero-order valence-electron chi connectivity index (χ0n) is 5.63. The number of H-pyrrole nitrogens is 1. The summed E-state index contributed by atoms with van der Waals surface area (Å²) in [5.41, 5.74) is 0.434. The van der Waals surface area contributed by atoms with E-state index in [9.17, 15) is 4.79 Å². The number of ether oxygens (including phenoxy) is 1. The van der Waals surface area contributed by atoms with Crippen LogP contribution in [0.4, 0.5) is 0 Å². The van der Waals surface area contributed by atoms with Crippen LogP contribution in [0.5, 0.6) is 5.88 Å². The number of aldehydes is 1. The first-order valence-electron chi connectivity index (χ1n) is 3.00. The zero-order valence-corrected chi connectivity index (χ0v) is 5.63. The molecule has 0 fully saturated rings. The van der Waals surface area contributed by atoms with Crippen molar-refractivity contribution in [1.82, 2.24) is 10.2 Å². The summed E-state index contributed by atoms with van der Waals surface area (Å²) in [6.45, 7) is 2.42. The molecular weight excluding hydrogens is 132 g/mol. The van der Waals surface area contributed by atoms with Gasteiger partial charge in [0.25, 0.3) is 0 Å². The number of nitrogens with zero attached hydrogens (tertiary/aromatic N) is 1. The van der Waals surface area contributed by atoms with E-state index in [1.807, 2.05) is 6.92 Å². The van der Waals surface area contributed by atoms with Crippen molar-refractivity contribution < 1.29 is 9.53 Å². The van der Waals surface area contributed by atoms with Crippen molar-refractivity contribution in [2.75, 3.05) is 6.61 Å². The molecule has 0 radical (unpaired) electrons. The van der Waals surface area contributed by atoms with Crippen LogP contribution >= 0.6 is 0 Å². The van der Waals surface area contributed by atoms with Gasteiger partial charge < -0.3 is 4.74 Å². The second-order valence-corrected chi connectivity index (χ2v) is 1.71. The Hall–Kier alpha value is -1.32. The highest BCUT2D eigenvalue weighted by Crippen LogP contribution is 2.05. The highest BCUT2D eigenvalue weighted by atomic mass is 16.5. The number of aromatic nitrogens is 2. The summed E-state index contributed by atoms with van der Waals surface area (Å²) in [4.78, 5) is 10.1. The Morgan fingerprint density at radius 3 is 3.20 bits per heavy atom. The molecule has 0 aliphatic rings. The van der Waals surface area contributed by atoms with Crippen molar-refractivity contribution >= 4 is 6.29 Å². The van der Waals surface area contributed by atoms with E-state index in [1.54, 1.807) is 6.07 Å². The Morgan fingerprint density at radius 2 is 2.70 bits per heavy atom. The molecule has 0 amide bonds. The van der Waals surface area contributed by atoms with Gasteiger partial charge in [-0.15, -0.1) is 5.10 Å². The van der Waals surface area contributed by atoms with Crippen molar-refractivity contribution in [3.05, 3.63) is 11.8 Å². The second-order valence-electron chi connectivity index (χ2n) is 1.71. The smallest absolute Gasteiger partial charge is 0.233 e. The first-order chi connectivity index (χ1) is 4.86. The average molecular weight is 140 g/mol. The molecule has 0 saturated carbocycles. The SMILES string of the molecule is CCOc1cc(C=O)[nH]n1. The molecule has 0 spiro atoms. The first-order valence-corrected chi connectivity index (χ1v) is 3.00. The molecule has 54 valence electrons. The van der Waals surface area contributed by atoms with Gasteiger partial charge in [-0.05, 0) is 6.92 Å². The third-order valence-corrected chi connectivity index (χ3v) is 0.993. The highest BCUT2D eigenvalue weighted by Gasteiger charge is 1.97.